The summed E-state index contributed by atoms with van der Waals surface area (Å²) in [5, 5.41) is 11.6. The lowest BCUT2D eigenvalue weighted by molar-refractivity contribution is -0.136. The van der Waals surface area contributed by atoms with Gasteiger partial charge in [-0.3, -0.25) is 9.78 Å². The van der Waals surface area contributed by atoms with Gasteiger partial charge in [-0.1, -0.05) is 6.07 Å². The van der Waals surface area contributed by atoms with E-state index in [1.807, 2.05) is 0 Å². The van der Waals surface area contributed by atoms with Gasteiger partial charge < -0.3 is 10.1 Å². The van der Waals surface area contributed by atoms with Crippen LogP contribution < -0.4 is 15.7 Å². The summed E-state index contributed by atoms with van der Waals surface area (Å²) in [5.41, 5.74) is -0.864. The molecule has 2 N–H and O–H groups in total. The molecule has 1 aliphatic heterocycles. The number of H-pyrrole nitrogens is 1. The zero-order valence-corrected chi connectivity index (χ0v) is 20.3. The maximum Gasteiger partial charge on any atom is 0.389 e. The lowest BCUT2D eigenvalue weighted by Crippen LogP contribution is -2.42. The third-order valence-corrected chi connectivity index (χ3v) is 5.96. The van der Waals surface area contributed by atoms with Crippen molar-refractivity contribution in [1.82, 2.24) is 30.5 Å². The standard InChI is InChI=1S/C24H21F7N6O3/c25-19(26)9-13-8-14(40-7-1-6-24(29,30)31)3-4-15(13)18-10-16(17-5-2-12(11-32-17)21(27)28)20(22(38)33-18)37-23(39)34-35-36-37/h2-5,8,10-11,18-21H,1,6-7,9H2,(H,33,38)(H,34,36,39)/t18-,20?/m1/s1. The average molecular weight is 574 g/mol. The molecule has 3 heterocycles. The lowest BCUT2D eigenvalue weighted by Gasteiger charge is -2.30. The molecule has 0 saturated carbocycles. The number of amides is 1. The summed E-state index contributed by atoms with van der Waals surface area (Å²) in [4.78, 5) is 29.4. The number of carbonyl (C=O) groups is 1. The molecule has 1 aromatic carbocycles. The topological polar surface area (TPSA) is 115 Å². The normalized spacial score (nSPS) is 17.7. The number of hydrogen-bond donors (Lipinski definition) is 2. The van der Waals surface area contributed by atoms with Crippen LogP contribution in [0.1, 0.15) is 53.7 Å². The Morgan fingerprint density at radius 3 is 2.45 bits per heavy atom. The number of halogens is 7. The maximum absolute atomic E-state index is 13.5. The maximum atomic E-state index is 13.5. The highest BCUT2D eigenvalue weighted by Gasteiger charge is 2.36. The molecule has 40 heavy (non-hydrogen) atoms. The highest BCUT2D eigenvalue weighted by Crippen LogP contribution is 2.36. The number of aromatic nitrogens is 5. The van der Waals surface area contributed by atoms with Crippen molar-refractivity contribution < 1.29 is 40.3 Å². The van der Waals surface area contributed by atoms with Crippen LogP contribution in [0, 0.1) is 0 Å². The van der Waals surface area contributed by atoms with E-state index >= 15 is 0 Å². The van der Waals surface area contributed by atoms with Crippen molar-refractivity contribution >= 4 is 11.5 Å². The fourth-order valence-electron chi connectivity index (χ4n) is 4.18. The number of alkyl halides is 7. The van der Waals surface area contributed by atoms with E-state index in [-0.39, 0.29) is 46.7 Å². The summed E-state index contributed by atoms with van der Waals surface area (Å²) in [6.07, 6.45) is -9.83. The van der Waals surface area contributed by atoms with Gasteiger partial charge in [-0.05, 0) is 58.3 Å². The number of nitrogens with zero attached hydrogens (tertiary/aromatic N) is 4. The number of pyridine rings is 1. The number of rotatable bonds is 10. The molecule has 0 spiro atoms. The summed E-state index contributed by atoms with van der Waals surface area (Å²) in [6.45, 7) is -0.300. The molecule has 0 fully saturated rings. The monoisotopic (exact) mass is 574 g/mol. The number of nitrogens with one attached hydrogen (secondary N) is 2. The number of benzene rings is 1. The van der Waals surface area contributed by atoms with Crippen LogP contribution in [-0.4, -0.2) is 50.3 Å². The van der Waals surface area contributed by atoms with Crippen LogP contribution in [0.2, 0.25) is 0 Å². The van der Waals surface area contributed by atoms with Gasteiger partial charge in [-0.15, -0.1) is 0 Å². The van der Waals surface area contributed by atoms with E-state index < -0.39 is 55.5 Å². The highest BCUT2D eigenvalue weighted by atomic mass is 19.4. The van der Waals surface area contributed by atoms with Crippen LogP contribution in [-0.2, 0) is 11.2 Å². The Bertz CT molecular complexity index is 1420. The zero-order chi connectivity index (χ0) is 29.0. The van der Waals surface area contributed by atoms with Gasteiger partial charge in [0.2, 0.25) is 6.43 Å². The third-order valence-electron chi connectivity index (χ3n) is 5.96. The number of hydrogen-bond acceptors (Lipinski definition) is 6. The van der Waals surface area contributed by atoms with E-state index in [2.05, 4.69) is 25.8 Å². The van der Waals surface area contributed by atoms with Gasteiger partial charge >= 0.3 is 11.9 Å². The van der Waals surface area contributed by atoms with Gasteiger partial charge in [0.15, 0.2) is 6.04 Å². The van der Waals surface area contributed by atoms with Crippen molar-refractivity contribution in [3.05, 3.63) is 75.5 Å². The number of ether oxygens (including phenoxy) is 1. The molecule has 9 nitrogen and oxygen atoms in total. The lowest BCUT2D eigenvalue weighted by atomic mass is 9.89. The first kappa shape index (κ1) is 28.8. The van der Waals surface area contributed by atoms with Crippen molar-refractivity contribution in [2.75, 3.05) is 6.61 Å². The molecule has 2 aromatic heterocycles. The van der Waals surface area contributed by atoms with Gasteiger partial charge in [0.05, 0.1) is 18.3 Å². The molecule has 1 unspecified atom stereocenters. The Balaban J connectivity index is 1.71. The summed E-state index contributed by atoms with van der Waals surface area (Å²) >= 11 is 0. The van der Waals surface area contributed by atoms with Crippen LogP contribution in [0.5, 0.6) is 5.75 Å². The number of tetrazole rings is 1. The van der Waals surface area contributed by atoms with E-state index in [4.69, 9.17) is 4.74 Å². The molecule has 3 aromatic rings. The number of aromatic amines is 1. The second kappa shape index (κ2) is 11.9. The zero-order valence-electron chi connectivity index (χ0n) is 20.3. The Labute approximate surface area is 221 Å². The molecule has 0 radical (unpaired) electrons. The molecule has 16 heteroatoms. The molecule has 2 atom stereocenters. The Hall–Kier alpha value is -4.24. The second-order valence-corrected chi connectivity index (χ2v) is 8.76. The van der Waals surface area contributed by atoms with E-state index in [9.17, 15) is 40.3 Å². The van der Waals surface area contributed by atoms with E-state index in [1.165, 1.54) is 30.3 Å². The first-order valence-corrected chi connectivity index (χ1v) is 11.8. The summed E-state index contributed by atoms with van der Waals surface area (Å²) < 4.78 is 96.2. The minimum atomic E-state index is -4.36. The highest BCUT2D eigenvalue weighted by molar-refractivity contribution is 5.96. The third kappa shape index (κ3) is 6.84. The summed E-state index contributed by atoms with van der Waals surface area (Å²) in [7, 11) is 0. The van der Waals surface area contributed by atoms with Crippen molar-refractivity contribution in [2.24, 2.45) is 0 Å². The van der Waals surface area contributed by atoms with E-state index in [0.29, 0.717) is 0 Å². The Kier molecular flexibility index (Phi) is 8.54. The molecule has 214 valence electrons. The van der Waals surface area contributed by atoms with Crippen molar-refractivity contribution in [3.63, 3.8) is 0 Å². The first-order chi connectivity index (χ1) is 18.9. The van der Waals surface area contributed by atoms with Crippen molar-refractivity contribution in [3.8, 4) is 5.75 Å². The predicted molar refractivity (Wildman–Crippen MR) is 125 cm³/mol. The van der Waals surface area contributed by atoms with Gasteiger partial charge in [0.1, 0.15) is 5.75 Å². The van der Waals surface area contributed by atoms with Crippen LogP contribution in [0.4, 0.5) is 30.7 Å². The quantitative estimate of drug-likeness (QED) is 0.275. The van der Waals surface area contributed by atoms with Gasteiger partial charge in [-0.25, -0.2) is 27.5 Å². The number of carbonyl (C=O) groups excluding carboxylic acids is 1. The average Bonchev–Trinajstić information content (AvgIpc) is 3.30. The van der Waals surface area contributed by atoms with Gasteiger partial charge in [0, 0.05) is 30.2 Å². The second-order valence-electron chi connectivity index (χ2n) is 8.76. The Morgan fingerprint density at radius 2 is 1.85 bits per heavy atom. The Morgan fingerprint density at radius 1 is 1.07 bits per heavy atom. The molecule has 0 bridgehead atoms. The smallest absolute Gasteiger partial charge is 0.389 e. The van der Waals surface area contributed by atoms with Crippen LogP contribution >= 0.6 is 0 Å². The first-order valence-electron chi connectivity index (χ1n) is 11.8. The summed E-state index contributed by atoms with van der Waals surface area (Å²) in [5.74, 6) is -0.724. The molecular formula is C24H21F7N6O3. The van der Waals surface area contributed by atoms with Crippen molar-refractivity contribution in [2.45, 2.75) is 50.4 Å². The van der Waals surface area contributed by atoms with Crippen LogP contribution in [0.15, 0.2) is 47.4 Å². The summed E-state index contributed by atoms with van der Waals surface area (Å²) in [6, 6.07) is 3.85. The molecule has 1 amide bonds. The minimum Gasteiger partial charge on any atom is -0.494 e. The minimum absolute atomic E-state index is 0.0438. The fourth-order valence-corrected chi connectivity index (χ4v) is 4.18. The van der Waals surface area contributed by atoms with E-state index in [0.717, 1.165) is 16.9 Å². The van der Waals surface area contributed by atoms with Crippen LogP contribution in [0.3, 0.4) is 0 Å². The molecule has 0 aliphatic carbocycles. The molecule has 0 saturated heterocycles. The SMILES string of the molecule is O=C1N[C@@H](c2ccc(OCCCC(F)(F)F)cc2CC(F)F)C=C(c2ccc(C(F)F)cn2)C1n1nn[nH]c1=O. The fraction of sp³-hybridized carbons (Fsp3) is 0.375. The molecule has 1 aliphatic rings. The van der Waals surface area contributed by atoms with E-state index in [1.54, 1.807) is 0 Å². The molecule has 4 rings (SSSR count). The predicted octanol–water partition coefficient (Wildman–Crippen LogP) is 4.32. The van der Waals surface area contributed by atoms with Gasteiger partial charge in [0.25, 0.3) is 12.3 Å². The van der Waals surface area contributed by atoms with Crippen LogP contribution in [0.25, 0.3) is 5.57 Å². The van der Waals surface area contributed by atoms with Crippen molar-refractivity contribution in [1.29, 1.82) is 0 Å². The largest absolute Gasteiger partial charge is 0.494 e. The van der Waals surface area contributed by atoms with Gasteiger partial charge in [-0.2, -0.15) is 17.9 Å². The molecular weight excluding hydrogens is 553 g/mol.